The van der Waals surface area contributed by atoms with Crippen LogP contribution in [0.3, 0.4) is 0 Å². The van der Waals surface area contributed by atoms with Gasteiger partial charge in [-0.25, -0.2) is 0 Å². The number of halogens is 2. The zero-order valence-corrected chi connectivity index (χ0v) is 9.11. The summed E-state index contributed by atoms with van der Waals surface area (Å²) in [7, 11) is 0. The minimum absolute atomic E-state index is 0.253. The van der Waals surface area contributed by atoms with Crippen LogP contribution < -0.4 is 0 Å². The van der Waals surface area contributed by atoms with Crippen molar-refractivity contribution < 1.29 is 14.2 Å². The Morgan fingerprint density at radius 1 is 1.31 bits per heavy atom. The monoisotopic (exact) mass is 228 g/mol. The van der Waals surface area contributed by atoms with E-state index in [-0.39, 0.29) is 5.41 Å². The molecule has 0 radical (unpaired) electrons. The second kappa shape index (κ2) is 5.37. The van der Waals surface area contributed by atoms with Gasteiger partial charge in [0.15, 0.2) is 0 Å². The maximum absolute atomic E-state index is 5.78. The van der Waals surface area contributed by atoms with Crippen LogP contribution in [0.4, 0.5) is 0 Å². The van der Waals surface area contributed by atoms with Gasteiger partial charge in [0, 0.05) is 23.8 Å². The molecule has 13 heavy (non-hydrogen) atoms. The Hall–Kier alpha value is 0.460. The first kappa shape index (κ1) is 11.5. The summed E-state index contributed by atoms with van der Waals surface area (Å²) in [4.78, 5) is 0. The van der Waals surface area contributed by atoms with Crippen molar-refractivity contribution in [1.82, 2.24) is 0 Å². The van der Waals surface area contributed by atoms with Crippen LogP contribution in [0.5, 0.6) is 0 Å². The molecule has 0 aliphatic carbocycles. The first-order valence-corrected chi connectivity index (χ1v) is 5.30. The number of ether oxygens (including phenoxy) is 3. The topological polar surface area (TPSA) is 27.7 Å². The van der Waals surface area contributed by atoms with Crippen molar-refractivity contribution in [3.8, 4) is 0 Å². The summed E-state index contributed by atoms with van der Waals surface area (Å²) >= 11 is 11.6. The lowest BCUT2D eigenvalue weighted by atomic mass is 9.95. The second-order valence-corrected chi connectivity index (χ2v) is 3.67. The Bertz CT molecular complexity index is 140. The quantitative estimate of drug-likeness (QED) is 0.688. The van der Waals surface area contributed by atoms with Gasteiger partial charge in [-0.1, -0.05) is 0 Å². The minimum Gasteiger partial charge on any atom is -0.330 e. The Labute approximate surface area is 88.2 Å². The van der Waals surface area contributed by atoms with Gasteiger partial charge < -0.3 is 14.2 Å². The molecule has 0 aromatic rings. The van der Waals surface area contributed by atoms with Crippen molar-refractivity contribution in [3.63, 3.8) is 0 Å². The highest BCUT2D eigenvalue weighted by molar-refractivity contribution is 6.21. The molecule has 3 nitrogen and oxygen atoms in total. The minimum atomic E-state index is -0.551. The molecular weight excluding hydrogens is 215 g/mol. The van der Waals surface area contributed by atoms with Crippen molar-refractivity contribution in [3.05, 3.63) is 0 Å². The van der Waals surface area contributed by atoms with E-state index in [4.69, 9.17) is 37.4 Å². The van der Waals surface area contributed by atoms with Gasteiger partial charge in [-0.05, 0) is 6.92 Å². The van der Waals surface area contributed by atoms with Crippen LogP contribution in [0.25, 0.3) is 0 Å². The number of hydrogen-bond donors (Lipinski definition) is 0. The standard InChI is InChI=1S/C8H14Cl2O3/c1-2-11-7-12-5-8(3-9,4-10)6-13-7/h7H,2-6H2,1H3. The summed E-state index contributed by atoms with van der Waals surface area (Å²) in [6.45, 7) is 2.89. The van der Waals surface area contributed by atoms with Gasteiger partial charge in [0.1, 0.15) is 0 Å². The fourth-order valence-corrected chi connectivity index (χ4v) is 1.60. The molecule has 0 N–H and O–H groups in total. The van der Waals surface area contributed by atoms with Gasteiger partial charge in [-0.3, -0.25) is 0 Å². The highest BCUT2D eigenvalue weighted by Gasteiger charge is 2.36. The molecular formula is C8H14Cl2O3. The third-order valence-corrected chi connectivity index (χ3v) is 3.05. The van der Waals surface area contributed by atoms with E-state index in [9.17, 15) is 0 Å². The first-order chi connectivity index (χ1) is 6.26. The maximum atomic E-state index is 5.78. The fourth-order valence-electron chi connectivity index (χ4n) is 1.00. The predicted octanol–water partition coefficient (Wildman–Crippen LogP) is 1.82. The molecule has 0 atom stereocenters. The zero-order chi connectivity index (χ0) is 9.73. The Kier molecular flexibility index (Phi) is 4.76. The largest absolute Gasteiger partial charge is 0.330 e. The molecule has 0 bridgehead atoms. The van der Waals surface area contributed by atoms with Gasteiger partial charge in [-0.2, -0.15) is 0 Å². The molecule has 0 unspecified atom stereocenters. The van der Waals surface area contributed by atoms with Gasteiger partial charge in [0.05, 0.1) is 13.2 Å². The molecule has 5 heteroatoms. The molecule has 1 heterocycles. The lowest BCUT2D eigenvalue weighted by molar-refractivity contribution is -0.331. The van der Waals surface area contributed by atoms with Crippen LogP contribution in [0.15, 0.2) is 0 Å². The number of rotatable bonds is 4. The van der Waals surface area contributed by atoms with Crippen LogP contribution in [0.1, 0.15) is 6.92 Å². The highest BCUT2D eigenvalue weighted by atomic mass is 35.5. The van der Waals surface area contributed by atoms with Crippen LogP contribution >= 0.6 is 23.2 Å². The van der Waals surface area contributed by atoms with E-state index in [1.165, 1.54) is 0 Å². The van der Waals surface area contributed by atoms with Crippen LogP contribution in [-0.4, -0.2) is 38.1 Å². The Balaban J connectivity index is 2.36. The summed E-state index contributed by atoms with van der Waals surface area (Å²) in [5.74, 6) is 0.880. The smallest absolute Gasteiger partial charge is 0.271 e. The molecule has 0 amide bonds. The predicted molar refractivity (Wildman–Crippen MR) is 51.2 cm³/mol. The average molecular weight is 229 g/mol. The normalized spacial score (nSPS) is 23.3. The Morgan fingerprint density at radius 2 is 1.85 bits per heavy atom. The molecule has 0 saturated carbocycles. The van der Waals surface area contributed by atoms with Gasteiger partial charge in [0.2, 0.25) is 0 Å². The molecule has 1 saturated heterocycles. The van der Waals surface area contributed by atoms with Crippen molar-refractivity contribution in [2.45, 2.75) is 13.4 Å². The summed E-state index contributed by atoms with van der Waals surface area (Å²) in [5, 5.41) is 0. The van der Waals surface area contributed by atoms with E-state index in [1.807, 2.05) is 6.92 Å². The van der Waals surface area contributed by atoms with Crippen molar-refractivity contribution in [1.29, 1.82) is 0 Å². The zero-order valence-electron chi connectivity index (χ0n) is 7.59. The highest BCUT2D eigenvalue weighted by Crippen LogP contribution is 2.27. The van der Waals surface area contributed by atoms with E-state index in [2.05, 4.69) is 0 Å². The van der Waals surface area contributed by atoms with Crippen LogP contribution in [-0.2, 0) is 14.2 Å². The molecule has 0 aromatic carbocycles. The Morgan fingerprint density at radius 3 is 2.23 bits per heavy atom. The molecule has 1 aliphatic heterocycles. The summed E-state index contributed by atoms with van der Waals surface area (Å²) in [6.07, 6.45) is 0. The lowest BCUT2D eigenvalue weighted by Gasteiger charge is -2.36. The summed E-state index contributed by atoms with van der Waals surface area (Å²) in [6, 6.07) is 0. The number of hydrogen-bond acceptors (Lipinski definition) is 3. The van der Waals surface area contributed by atoms with Gasteiger partial charge in [0.25, 0.3) is 6.48 Å². The molecule has 0 spiro atoms. The van der Waals surface area contributed by atoms with E-state index in [1.54, 1.807) is 0 Å². The molecule has 1 aliphatic rings. The molecule has 78 valence electrons. The van der Waals surface area contributed by atoms with Crippen LogP contribution in [0, 0.1) is 5.41 Å². The van der Waals surface area contributed by atoms with Gasteiger partial charge in [-0.15, -0.1) is 23.2 Å². The van der Waals surface area contributed by atoms with Crippen molar-refractivity contribution in [2.24, 2.45) is 5.41 Å². The van der Waals surface area contributed by atoms with E-state index in [0.29, 0.717) is 31.6 Å². The lowest BCUT2D eigenvalue weighted by Crippen LogP contribution is -2.45. The first-order valence-electron chi connectivity index (χ1n) is 4.23. The molecule has 1 rings (SSSR count). The van der Waals surface area contributed by atoms with E-state index < -0.39 is 6.48 Å². The van der Waals surface area contributed by atoms with E-state index in [0.717, 1.165) is 0 Å². The summed E-state index contributed by atoms with van der Waals surface area (Å²) < 4.78 is 15.7. The second-order valence-electron chi connectivity index (χ2n) is 3.13. The van der Waals surface area contributed by atoms with Gasteiger partial charge >= 0.3 is 0 Å². The van der Waals surface area contributed by atoms with E-state index >= 15 is 0 Å². The number of alkyl halides is 2. The van der Waals surface area contributed by atoms with Crippen LogP contribution in [0.2, 0.25) is 0 Å². The molecule has 0 aromatic heterocycles. The molecule has 1 fully saturated rings. The summed E-state index contributed by atoms with van der Waals surface area (Å²) in [5.41, 5.74) is -0.253. The SMILES string of the molecule is CCOC1OCC(CCl)(CCl)CO1. The fraction of sp³-hybridized carbons (Fsp3) is 1.00. The maximum Gasteiger partial charge on any atom is 0.271 e. The average Bonchev–Trinajstić information content (AvgIpc) is 2.20. The van der Waals surface area contributed by atoms with Crippen molar-refractivity contribution in [2.75, 3.05) is 31.6 Å². The third kappa shape index (κ3) is 2.96. The van der Waals surface area contributed by atoms with Crippen molar-refractivity contribution >= 4 is 23.2 Å². The third-order valence-electron chi connectivity index (χ3n) is 1.92.